The second-order valence-electron chi connectivity index (χ2n) is 6.71. The van der Waals surface area contributed by atoms with Gasteiger partial charge in [0.25, 0.3) is 6.26 Å². The number of ether oxygens (including phenoxy) is 1. The van der Waals surface area contributed by atoms with Crippen LogP contribution >= 0.6 is 0 Å². The van der Waals surface area contributed by atoms with E-state index >= 15 is 0 Å². The summed E-state index contributed by atoms with van der Waals surface area (Å²) in [6.07, 6.45) is 9.69. The van der Waals surface area contributed by atoms with Crippen molar-refractivity contribution in [2.24, 2.45) is 9.98 Å². The maximum Gasteiger partial charge on any atom is 0.337 e. The van der Waals surface area contributed by atoms with Gasteiger partial charge in [-0.15, -0.1) is 0 Å². The summed E-state index contributed by atoms with van der Waals surface area (Å²) in [4.78, 5) is 65.1. The van der Waals surface area contributed by atoms with Gasteiger partial charge in [-0.25, -0.2) is 42.7 Å². The zero-order valence-electron chi connectivity index (χ0n) is 17.3. The van der Waals surface area contributed by atoms with Gasteiger partial charge in [0.15, 0.2) is 0 Å². The van der Waals surface area contributed by atoms with E-state index in [1.54, 1.807) is 6.26 Å². The fourth-order valence-corrected chi connectivity index (χ4v) is 2.99. The third-order valence-corrected chi connectivity index (χ3v) is 4.57. The van der Waals surface area contributed by atoms with Crippen LogP contribution in [0, 0.1) is 11.5 Å². The van der Waals surface area contributed by atoms with Gasteiger partial charge in [0.2, 0.25) is 12.2 Å². The lowest BCUT2D eigenvalue weighted by atomic mass is 10.2. The second kappa shape index (κ2) is 15.3. The molecule has 1 aromatic rings. The van der Waals surface area contributed by atoms with Gasteiger partial charge < -0.3 is 4.74 Å². The van der Waals surface area contributed by atoms with Crippen LogP contribution in [-0.2, 0) is 34.1 Å². The summed E-state index contributed by atoms with van der Waals surface area (Å²) < 4.78 is 7.29. The van der Waals surface area contributed by atoms with Crippen molar-refractivity contribution in [3.8, 4) is 6.26 Å². The van der Waals surface area contributed by atoms with Gasteiger partial charge >= 0.3 is 17.1 Å². The molecule has 1 aromatic heterocycles. The lowest BCUT2D eigenvalue weighted by Crippen LogP contribution is -2.54. The first-order valence-electron chi connectivity index (χ1n) is 10.1. The maximum atomic E-state index is 12.7. The highest BCUT2D eigenvalue weighted by atomic mass is 16.5. The molecular weight excluding hydrogens is 408 g/mol. The Labute approximate surface area is 178 Å². The molecule has 0 unspecified atom stereocenters. The van der Waals surface area contributed by atoms with Gasteiger partial charge in [0, 0.05) is 13.1 Å². The van der Waals surface area contributed by atoms with Crippen LogP contribution in [0.2, 0.25) is 0 Å². The molecular formula is C19H26N6O6. The number of isocyanates is 2. The van der Waals surface area contributed by atoms with Gasteiger partial charge in [-0.2, -0.15) is 10.3 Å². The molecule has 0 spiro atoms. The smallest absolute Gasteiger partial charge is 0.337 e. The number of hydrogen-bond acceptors (Lipinski definition) is 9. The Morgan fingerprint density at radius 1 is 0.710 bits per heavy atom. The van der Waals surface area contributed by atoms with Crippen molar-refractivity contribution in [2.75, 3.05) is 13.2 Å². The van der Waals surface area contributed by atoms with Crippen LogP contribution < -0.4 is 17.1 Å². The minimum Gasteiger partial charge on any atom is -0.428 e. The maximum absolute atomic E-state index is 12.7. The van der Waals surface area contributed by atoms with Gasteiger partial charge in [-0.3, -0.25) is 0 Å². The lowest BCUT2D eigenvalue weighted by Gasteiger charge is -2.12. The molecule has 0 aliphatic heterocycles. The largest absolute Gasteiger partial charge is 0.428 e. The standard InChI is InChI=1S/C19H26N6O6/c20-13-31-12-8-4-3-7-11-24-17(28)23(10-6-2-1-5-9-21-15-26)18(29)25(19(24)30)14-22-16-27/h1-12,14H2. The third-order valence-electron chi connectivity index (χ3n) is 4.57. The molecule has 0 atom stereocenters. The molecule has 0 aromatic carbocycles. The third kappa shape index (κ3) is 8.78. The second-order valence-corrected chi connectivity index (χ2v) is 6.71. The van der Waals surface area contributed by atoms with Crippen LogP contribution in [0.25, 0.3) is 0 Å². The van der Waals surface area contributed by atoms with E-state index < -0.39 is 23.7 Å². The van der Waals surface area contributed by atoms with Crippen molar-refractivity contribution in [3.63, 3.8) is 0 Å². The van der Waals surface area contributed by atoms with E-state index in [2.05, 4.69) is 14.7 Å². The highest BCUT2D eigenvalue weighted by Crippen LogP contribution is 2.02. The van der Waals surface area contributed by atoms with E-state index in [4.69, 9.17) is 5.26 Å². The van der Waals surface area contributed by atoms with Crippen molar-refractivity contribution in [1.29, 1.82) is 5.26 Å². The Morgan fingerprint density at radius 3 is 1.77 bits per heavy atom. The van der Waals surface area contributed by atoms with Crippen LogP contribution in [0.5, 0.6) is 0 Å². The predicted octanol–water partition coefficient (Wildman–Crippen LogP) is 0.419. The first-order chi connectivity index (χ1) is 15.1. The molecule has 12 nitrogen and oxygen atoms in total. The van der Waals surface area contributed by atoms with Crippen molar-refractivity contribution in [1.82, 2.24) is 13.7 Å². The van der Waals surface area contributed by atoms with E-state index in [-0.39, 0.29) is 13.1 Å². The predicted molar refractivity (Wildman–Crippen MR) is 109 cm³/mol. The molecule has 0 radical (unpaired) electrons. The first-order valence-corrected chi connectivity index (χ1v) is 10.1. The summed E-state index contributed by atoms with van der Waals surface area (Å²) in [6, 6.07) is 0. The number of aromatic nitrogens is 3. The first kappa shape index (κ1) is 25.5. The normalized spacial score (nSPS) is 10.0. The molecule has 12 heteroatoms. The molecule has 168 valence electrons. The van der Waals surface area contributed by atoms with Crippen LogP contribution in [0.3, 0.4) is 0 Å². The van der Waals surface area contributed by atoms with E-state index in [9.17, 15) is 24.0 Å². The van der Waals surface area contributed by atoms with Crippen LogP contribution in [0.1, 0.15) is 51.4 Å². The fraction of sp³-hybridized carbons (Fsp3) is 0.684. The number of unbranched alkanes of at least 4 members (excludes halogenated alkanes) is 6. The minimum atomic E-state index is -0.815. The Hall–Kier alpha value is -3.54. The van der Waals surface area contributed by atoms with E-state index in [0.717, 1.165) is 26.5 Å². The molecule has 0 saturated carbocycles. The quantitative estimate of drug-likeness (QED) is 0.158. The molecule has 0 N–H and O–H groups in total. The average Bonchev–Trinajstić information content (AvgIpc) is 2.76. The number of hydrogen-bond donors (Lipinski definition) is 0. The van der Waals surface area contributed by atoms with E-state index in [0.29, 0.717) is 51.7 Å². The zero-order valence-corrected chi connectivity index (χ0v) is 17.3. The molecule has 1 rings (SSSR count). The molecule has 0 fully saturated rings. The number of rotatable bonds is 16. The Balaban J connectivity index is 2.89. The van der Waals surface area contributed by atoms with E-state index in [1.165, 1.54) is 12.2 Å². The Morgan fingerprint density at radius 2 is 1.23 bits per heavy atom. The number of aliphatic imine (C=N–C) groups is 2. The fourth-order valence-electron chi connectivity index (χ4n) is 2.99. The highest BCUT2D eigenvalue weighted by Gasteiger charge is 2.15. The van der Waals surface area contributed by atoms with Crippen LogP contribution in [0.15, 0.2) is 24.4 Å². The molecule has 0 amide bonds. The van der Waals surface area contributed by atoms with Gasteiger partial charge in [-0.1, -0.05) is 19.3 Å². The number of carbonyl (C=O) groups excluding carboxylic acids is 2. The molecule has 0 aliphatic carbocycles. The van der Waals surface area contributed by atoms with Crippen molar-refractivity contribution >= 4 is 12.2 Å². The zero-order chi connectivity index (χ0) is 22.9. The van der Waals surface area contributed by atoms with Crippen molar-refractivity contribution in [2.45, 2.75) is 71.1 Å². The summed E-state index contributed by atoms with van der Waals surface area (Å²) in [5, 5.41) is 8.32. The Kier molecular flexibility index (Phi) is 12.6. The van der Waals surface area contributed by atoms with Gasteiger partial charge in [0.1, 0.15) is 13.3 Å². The molecule has 0 bridgehead atoms. The minimum absolute atomic E-state index is 0.116. The number of nitriles is 1. The van der Waals surface area contributed by atoms with Crippen LogP contribution in [-0.4, -0.2) is 39.0 Å². The topological polar surface area (TPSA) is 158 Å². The summed E-state index contributed by atoms with van der Waals surface area (Å²) in [5.41, 5.74) is -2.33. The van der Waals surface area contributed by atoms with Crippen LogP contribution in [0.4, 0.5) is 0 Å². The molecule has 1 heterocycles. The summed E-state index contributed by atoms with van der Waals surface area (Å²) in [6.45, 7) is 0.431. The summed E-state index contributed by atoms with van der Waals surface area (Å²) in [7, 11) is 0. The van der Waals surface area contributed by atoms with E-state index in [1.807, 2.05) is 0 Å². The van der Waals surface area contributed by atoms with Crippen molar-refractivity contribution < 1.29 is 14.3 Å². The van der Waals surface area contributed by atoms with Gasteiger partial charge in [0.05, 0.1) is 6.54 Å². The molecule has 0 saturated heterocycles. The average molecular weight is 434 g/mol. The lowest BCUT2D eigenvalue weighted by molar-refractivity contribution is 0.259. The molecule has 0 aliphatic rings. The van der Waals surface area contributed by atoms with Crippen molar-refractivity contribution in [3.05, 3.63) is 31.5 Å². The van der Waals surface area contributed by atoms with Gasteiger partial charge in [-0.05, 0) is 32.1 Å². The summed E-state index contributed by atoms with van der Waals surface area (Å²) in [5.74, 6) is 0. The Bertz CT molecular complexity index is 1000. The SMILES string of the molecule is N#COCCCCCCn1c(=O)n(CCCCCCN=C=O)c(=O)n(CN=C=O)c1=O. The highest BCUT2D eigenvalue weighted by molar-refractivity contribution is 5.32. The molecule has 31 heavy (non-hydrogen) atoms. The summed E-state index contributed by atoms with van der Waals surface area (Å²) >= 11 is 0. The monoisotopic (exact) mass is 434 g/mol. The number of nitrogens with zero attached hydrogens (tertiary/aromatic N) is 6.